The van der Waals surface area contributed by atoms with Crippen molar-refractivity contribution in [2.75, 3.05) is 7.05 Å². The Balaban J connectivity index is 0.00000288. The normalized spacial score (nSPS) is 12.7. The van der Waals surface area contributed by atoms with Crippen LogP contribution < -0.4 is 10.6 Å². The van der Waals surface area contributed by atoms with Gasteiger partial charge in [0.2, 0.25) is 0 Å². The Labute approximate surface area is 165 Å². The third-order valence-corrected chi connectivity index (χ3v) is 3.76. The van der Waals surface area contributed by atoms with E-state index in [0.717, 1.165) is 22.0 Å². The molecule has 2 rings (SSSR count). The van der Waals surface area contributed by atoms with Crippen molar-refractivity contribution < 1.29 is 4.52 Å². The molecule has 132 valence electrons. The van der Waals surface area contributed by atoms with Gasteiger partial charge in [0.25, 0.3) is 0 Å². The molecule has 0 spiro atoms. The van der Waals surface area contributed by atoms with Crippen LogP contribution in [0.3, 0.4) is 0 Å². The lowest BCUT2D eigenvalue weighted by Gasteiger charge is -2.18. The van der Waals surface area contributed by atoms with Crippen LogP contribution in [0.25, 0.3) is 0 Å². The van der Waals surface area contributed by atoms with Crippen LogP contribution in [0.1, 0.15) is 49.7 Å². The SMILES string of the molecule is CN=C(NCc1cc(C(C)C)no1)NC(C)c1cccc(Cl)c1.I. The van der Waals surface area contributed by atoms with Crippen molar-refractivity contribution in [2.45, 2.75) is 39.3 Å². The van der Waals surface area contributed by atoms with E-state index in [2.05, 4.69) is 41.6 Å². The van der Waals surface area contributed by atoms with E-state index in [0.29, 0.717) is 18.4 Å². The first-order chi connectivity index (χ1) is 11.0. The number of aliphatic imine (C=N–C) groups is 1. The average Bonchev–Trinajstić information content (AvgIpc) is 3.00. The van der Waals surface area contributed by atoms with Crippen LogP contribution in [-0.2, 0) is 6.54 Å². The third kappa shape index (κ3) is 5.98. The summed E-state index contributed by atoms with van der Waals surface area (Å²) in [7, 11) is 1.74. The van der Waals surface area contributed by atoms with Gasteiger partial charge in [-0.05, 0) is 30.5 Å². The summed E-state index contributed by atoms with van der Waals surface area (Å²) in [6, 6.07) is 9.82. The van der Waals surface area contributed by atoms with Gasteiger partial charge in [0, 0.05) is 18.1 Å². The van der Waals surface area contributed by atoms with E-state index in [1.165, 1.54) is 0 Å². The minimum Gasteiger partial charge on any atom is -0.359 e. The first-order valence-electron chi connectivity index (χ1n) is 7.67. The van der Waals surface area contributed by atoms with Gasteiger partial charge in [-0.2, -0.15) is 0 Å². The van der Waals surface area contributed by atoms with Crippen LogP contribution in [0, 0.1) is 0 Å². The maximum Gasteiger partial charge on any atom is 0.191 e. The fraction of sp³-hybridized carbons (Fsp3) is 0.412. The molecule has 0 fully saturated rings. The molecule has 2 N–H and O–H groups in total. The fourth-order valence-electron chi connectivity index (χ4n) is 2.11. The van der Waals surface area contributed by atoms with Crippen molar-refractivity contribution in [3.05, 3.63) is 52.4 Å². The lowest BCUT2D eigenvalue weighted by atomic mass is 10.1. The first-order valence-corrected chi connectivity index (χ1v) is 8.05. The third-order valence-electron chi connectivity index (χ3n) is 3.52. The zero-order valence-corrected chi connectivity index (χ0v) is 17.4. The number of rotatable bonds is 5. The molecule has 1 aromatic carbocycles. The van der Waals surface area contributed by atoms with Gasteiger partial charge in [0.05, 0.1) is 18.3 Å². The number of guanidine groups is 1. The molecular weight excluding hydrogens is 439 g/mol. The van der Waals surface area contributed by atoms with E-state index in [4.69, 9.17) is 16.1 Å². The van der Waals surface area contributed by atoms with Crippen LogP contribution in [0.2, 0.25) is 5.02 Å². The number of nitrogens with one attached hydrogen (secondary N) is 2. The molecule has 0 saturated heterocycles. The predicted octanol–water partition coefficient (Wildman–Crippen LogP) is 4.50. The van der Waals surface area contributed by atoms with Crippen molar-refractivity contribution in [3.8, 4) is 0 Å². The lowest BCUT2D eigenvalue weighted by molar-refractivity contribution is 0.371. The Bertz CT molecular complexity index is 672. The van der Waals surface area contributed by atoms with Crippen LogP contribution in [0.4, 0.5) is 0 Å². The van der Waals surface area contributed by atoms with Gasteiger partial charge in [-0.3, -0.25) is 4.99 Å². The molecule has 1 atom stereocenters. The van der Waals surface area contributed by atoms with Gasteiger partial charge < -0.3 is 15.2 Å². The molecule has 0 amide bonds. The Morgan fingerprint density at radius 3 is 2.62 bits per heavy atom. The van der Waals surface area contributed by atoms with Crippen LogP contribution in [0.15, 0.2) is 39.8 Å². The second-order valence-corrected chi connectivity index (χ2v) is 6.16. The predicted molar refractivity (Wildman–Crippen MR) is 109 cm³/mol. The van der Waals surface area contributed by atoms with Crippen molar-refractivity contribution in [2.24, 2.45) is 4.99 Å². The molecule has 0 bridgehead atoms. The molecule has 2 aromatic rings. The van der Waals surface area contributed by atoms with E-state index < -0.39 is 0 Å². The smallest absolute Gasteiger partial charge is 0.191 e. The molecule has 5 nitrogen and oxygen atoms in total. The van der Waals surface area contributed by atoms with E-state index in [9.17, 15) is 0 Å². The Morgan fingerprint density at radius 1 is 1.29 bits per heavy atom. The average molecular weight is 463 g/mol. The lowest BCUT2D eigenvalue weighted by Crippen LogP contribution is -2.38. The van der Waals surface area contributed by atoms with Crippen LogP contribution in [-0.4, -0.2) is 18.2 Å². The number of benzene rings is 1. The monoisotopic (exact) mass is 462 g/mol. The van der Waals surface area contributed by atoms with Crippen molar-refractivity contribution in [1.82, 2.24) is 15.8 Å². The highest BCUT2D eigenvalue weighted by atomic mass is 127. The summed E-state index contributed by atoms with van der Waals surface area (Å²) < 4.78 is 5.31. The summed E-state index contributed by atoms with van der Waals surface area (Å²) in [5.41, 5.74) is 2.05. The highest BCUT2D eigenvalue weighted by Gasteiger charge is 2.10. The summed E-state index contributed by atoms with van der Waals surface area (Å²) in [5, 5.41) is 11.3. The standard InChI is InChI=1S/C17H23ClN4O.HI/c1-11(2)16-9-15(23-22-16)10-20-17(19-4)21-12(3)13-6-5-7-14(18)8-13;/h5-9,11-12H,10H2,1-4H3,(H2,19,20,21);1H. The molecule has 1 unspecified atom stereocenters. The van der Waals surface area contributed by atoms with Gasteiger partial charge in [-0.15, -0.1) is 24.0 Å². The number of hydrogen-bond acceptors (Lipinski definition) is 3. The van der Waals surface area contributed by atoms with Gasteiger partial charge in [-0.1, -0.05) is 42.7 Å². The van der Waals surface area contributed by atoms with Crippen LogP contribution >= 0.6 is 35.6 Å². The molecule has 0 saturated carbocycles. The molecule has 0 aliphatic heterocycles. The van der Waals surface area contributed by atoms with Gasteiger partial charge in [0.1, 0.15) is 0 Å². The molecule has 1 heterocycles. The van der Waals surface area contributed by atoms with E-state index in [1.807, 2.05) is 30.3 Å². The van der Waals surface area contributed by atoms with E-state index in [-0.39, 0.29) is 30.0 Å². The van der Waals surface area contributed by atoms with Crippen molar-refractivity contribution in [3.63, 3.8) is 0 Å². The molecule has 0 aliphatic carbocycles. The van der Waals surface area contributed by atoms with Crippen molar-refractivity contribution >= 4 is 41.5 Å². The molecule has 1 aromatic heterocycles. The number of nitrogens with zero attached hydrogens (tertiary/aromatic N) is 2. The number of hydrogen-bond donors (Lipinski definition) is 2. The summed E-state index contributed by atoms with van der Waals surface area (Å²) in [4.78, 5) is 4.23. The minimum atomic E-state index is 0. The Hall–Kier alpha value is -1.28. The second kappa shape index (κ2) is 9.88. The quantitative estimate of drug-likeness (QED) is 0.390. The summed E-state index contributed by atoms with van der Waals surface area (Å²) in [6.45, 7) is 6.76. The van der Waals surface area contributed by atoms with Crippen molar-refractivity contribution in [1.29, 1.82) is 0 Å². The zero-order chi connectivity index (χ0) is 16.8. The van der Waals surface area contributed by atoms with E-state index in [1.54, 1.807) is 7.05 Å². The number of aromatic nitrogens is 1. The summed E-state index contributed by atoms with van der Waals surface area (Å²) in [5.74, 6) is 1.83. The second-order valence-electron chi connectivity index (χ2n) is 5.72. The molecule has 0 aliphatic rings. The molecule has 0 radical (unpaired) electrons. The maximum absolute atomic E-state index is 6.04. The topological polar surface area (TPSA) is 62.5 Å². The highest BCUT2D eigenvalue weighted by molar-refractivity contribution is 14.0. The highest BCUT2D eigenvalue weighted by Crippen LogP contribution is 2.17. The fourth-order valence-corrected chi connectivity index (χ4v) is 2.31. The molecule has 24 heavy (non-hydrogen) atoms. The van der Waals surface area contributed by atoms with Gasteiger partial charge >= 0.3 is 0 Å². The summed E-state index contributed by atoms with van der Waals surface area (Å²) in [6.07, 6.45) is 0. The Morgan fingerprint density at radius 2 is 2.04 bits per heavy atom. The van der Waals surface area contributed by atoms with Gasteiger partial charge in [0.15, 0.2) is 11.7 Å². The summed E-state index contributed by atoms with van der Waals surface area (Å²) >= 11 is 6.04. The van der Waals surface area contributed by atoms with E-state index >= 15 is 0 Å². The maximum atomic E-state index is 6.04. The number of halogens is 2. The van der Waals surface area contributed by atoms with Crippen LogP contribution in [0.5, 0.6) is 0 Å². The van der Waals surface area contributed by atoms with Gasteiger partial charge in [-0.25, -0.2) is 0 Å². The molecule has 7 heteroatoms. The Kier molecular flexibility index (Phi) is 8.55. The first kappa shape index (κ1) is 20.8. The largest absolute Gasteiger partial charge is 0.359 e. The molecular formula is C17H24ClIN4O. The zero-order valence-electron chi connectivity index (χ0n) is 14.3. The minimum absolute atomic E-state index is 0.